The van der Waals surface area contributed by atoms with Crippen LogP contribution in [0.4, 0.5) is 5.69 Å². The molecule has 5 nitrogen and oxygen atoms in total. The maximum Gasteiger partial charge on any atom is 0.266 e. The molecule has 0 saturated carbocycles. The Kier molecular flexibility index (Phi) is 6.06. The van der Waals surface area contributed by atoms with Crippen molar-refractivity contribution in [2.75, 3.05) is 11.9 Å². The Bertz CT molecular complexity index is 979. The lowest BCUT2D eigenvalue weighted by Gasteiger charge is -2.14. The third kappa shape index (κ3) is 4.62. The van der Waals surface area contributed by atoms with Gasteiger partial charge in [-0.05, 0) is 35.9 Å². The summed E-state index contributed by atoms with van der Waals surface area (Å²) in [6.07, 6.45) is 1.64. The summed E-state index contributed by atoms with van der Waals surface area (Å²) in [5.74, 6) is -1.02. The number of nitrogens with one attached hydrogen (secondary N) is 1. The SMILES string of the molecule is O=C(CN1C(=O)/C(=C\c2ccccc2Cl)SC1=S)Nc1cc(Cl)ccc1O. The minimum absolute atomic E-state index is 0.128. The molecule has 138 valence electrons. The Balaban J connectivity index is 1.73. The summed E-state index contributed by atoms with van der Waals surface area (Å²) in [7, 11) is 0. The van der Waals surface area contributed by atoms with E-state index in [1.807, 2.05) is 6.07 Å². The molecular formula is C18H12Cl2N2O3S2. The number of aromatic hydroxyl groups is 1. The number of hydrogen-bond acceptors (Lipinski definition) is 5. The van der Waals surface area contributed by atoms with Gasteiger partial charge >= 0.3 is 0 Å². The molecule has 1 fully saturated rings. The first-order chi connectivity index (χ1) is 12.8. The van der Waals surface area contributed by atoms with E-state index in [2.05, 4.69) is 5.32 Å². The van der Waals surface area contributed by atoms with Crippen LogP contribution in [0.2, 0.25) is 10.0 Å². The van der Waals surface area contributed by atoms with Gasteiger partial charge in [-0.3, -0.25) is 14.5 Å². The average Bonchev–Trinajstić information content (AvgIpc) is 2.87. The highest BCUT2D eigenvalue weighted by Gasteiger charge is 2.33. The van der Waals surface area contributed by atoms with E-state index in [-0.39, 0.29) is 28.2 Å². The minimum Gasteiger partial charge on any atom is -0.506 e. The summed E-state index contributed by atoms with van der Waals surface area (Å²) in [5, 5.41) is 13.2. The molecule has 0 unspecified atom stereocenters. The Labute approximate surface area is 174 Å². The number of carbonyl (C=O) groups excluding carboxylic acids is 2. The van der Waals surface area contributed by atoms with Crippen LogP contribution in [0.5, 0.6) is 5.75 Å². The van der Waals surface area contributed by atoms with Crippen molar-refractivity contribution in [3.63, 3.8) is 0 Å². The molecule has 0 aliphatic carbocycles. The summed E-state index contributed by atoms with van der Waals surface area (Å²) in [6.45, 7) is -0.281. The molecule has 2 aromatic carbocycles. The van der Waals surface area contributed by atoms with Crippen LogP contribution in [0, 0.1) is 0 Å². The molecule has 9 heteroatoms. The first-order valence-electron chi connectivity index (χ1n) is 7.63. The summed E-state index contributed by atoms with van der Waals surface area (Å²) in [5.41, 5.74) is 0.845. The van der Waals surface area contributed by atoms with E-state index in [4.69, 9.17) is 35.4 Å². The van der Waals surface area contributed by atoms with Crippen LogP contribution in [0.25, 0.3) is 6.08 Å². The second kappa shape index (κ2) is 8.31. The molecule has 27 heavy (non-hydrogen) atoms. The van der Waals surface area contributed by atoms with Crippen LogP contribution < -0.4 is 5.32 Å². The third-order valence-electron chi connectivity index (χ3n) is 3.60. The Hall–Kier alpha value is -2.06. The number of phenols is 1. The third-order valence-corrected chi connectivity index (χ3v) is 5.56. The van der Waals surface area contributed by atoms with Crippen molar-refractivity contribution < 1.29 is 14.7 Å². The summed E-state index contributed by atoms with van der Waals surface area (Å²) in [4.78, 5) is 26.4. The zero-order valence-electron chi connectivity index (χ0n) is 13.6. The average molecular weight is 439 g/mol. The number of halogens is 2. The molecule has 1 aliphatic rings. The molecular weight excluding hydrogens is 427 g/mol. The van der Waals surface area contributed by atoms with Gasteiger partial charge in [-0.25, -0.2) is 0 Å². The van der Waals surface area contributed by atoms with Crippen LogP contribution in [0.1, 0.15) is 5.56 Å². The van der Waals surface area contributed by atoms with Gasteiger partial charge in [0.25, 0.3) is 5.91 Å². The van der Waals surface area contributed by atoms with Gasteiger partial charge in [-0.2, -0.15) is 0 Å². The summed E-state index contributed by atoms with van der Waals surface area (Å²) < 4.78 is 0.267. The normalized spacial score (nSPS) is 15.5. The van der Waals surface area contributed by atoms with E-state index in [1.54, 1.807) is 24.3 Å². The predicted molar refractivity (Wildman–Crippen MR) is 113 cm³/mol. The van der Waals surface area contributed by atoms with Crippen molar-refractivity contribution in [3.05, 3.63) is 63.0 Å². The van der Waals surface area contributed by atoms with E-state index in [1.165, 1.54) is 23.1 Å². The lowest BCUT2D eigenvalue weighted by molar-refractivity contribution is -0.126. The van der Waals surface area contributed by atoms with Crippen molar-refractivity contribution in [2.45, 2.75) is 0 Å². The fraction of sp³-hybridized carbons (Fsp3) is 0.0556. The number of anilines is 1. The Morgan fingerprint density at radius 1 is 1.26 bits per heavy atom. The van der Waals surface area contributed by atoms with E-state index >= 15 is 0 Å². The van der Waals surface area contributed by atoms with Gasteiger partial charge in [-0.1, -0.05) is 65.4 Å². The first kappa shape index (κ1) is 19.7. The predicted octanol–water partition coefficient (Wildman–Crippen LogP) is 4.54. The van der Waals surface area contributed by atoms with Crippen LogP contribution >= 0.6 is 47.2 Å². The van der Waals surface area contributed by atoms with Crippen molar-refractivity contribution in [1.29, 1.82) is 0 Å². The number of nitrogens with zero attached hydrogens (tertiary/aromatic N) is 1. The number of benzene rings is 2. The fourth-order valence-corrected chi connectivity index (χ4v) is 3.92. The highest BCUT2D eigenvalue weighted by molar-refractivity contribution is 8.26. The fourth-order valence-electron chi connectivity index (χ4n) is 2.31. The molecule has 2 aromatic rings. The van der Waals surface area contributed by atoms with E-state index < -0.39 is 5.91 Å². The minimum atomic E-state index is -0.511. The molecule has 0 bridgehead atoms. The second-order valence-electron chi connectivity index (χ2n) is 5.50. The van der Waals surface area contributed by atoms with Gasteiger partial charge in [0, 0.05) is 10.0 Å². The van der Waals surface area contributed by atoms with Crippen LogP contribution in [0.3, 0.4) is 0 Å². The molecule has 3 rings (SSSR count). The lowest BCUT2D eigenvalue weighted by Crippen LogP contribution is -2.36. The van der Waals surface area contributed by atoms with Gasteiger partial charge in [0.1, 0.15) is 16.6 Å². The van der Waals surface area contributed by atoms with E-state index in [0.717, 1.165) is 11.8 Å². The van der Waals surface area contributed by atoms with Gasteiger partial charge in [-0.15, -0.1) is 0 Å². The highest BCUT2D eigenvalue weighted by Crippen LogP contribution is 2.34. The number of amides is 2. The largest absolute Gasteiger partial charge is 0.506 e. The first-order valence-corrected chi connectivity index (χ1v) is 9.61. The van der Waals surface area contributed by atoms with Crippen molar-refractivity contribution in [2.24, 2.45) is 0 Å². The Morgan fingerprint density at radius 3 is 2.74 bits per heavy atom. The van der Waals surface area contributed by atoms with E-state index in [0.29, 0.717) is 20.5 Å². The monoisotopic (exact) mass is 438 g/mol. The molecule has 0 spiro atoms. The standard InChI is InChI=1S/C18H12Cl2N2O3S2/c19-11-5-6-14(23)13(8-11)21-16(24)9-22-17(25)15(27-18(22)26)7-10-3-1-2-4-12(10)20/h1-8,23H,9H2,(H,21,24)/b15-7+. The molecule has 1 aliphatic heterocycles. The van der Waals surface area contributed by atoms with Crippen molar-refractivity contribution >= 4 is 75.1 Å². The number of hydrogen-bond donors (Lipinski definition) is 2. The van der Waals surface area contributed by atoms with Gasteiger partial charge < -0.3 is 10.4 Å². The smallest absolute Gasteiger partial charge is 0.266 e. The zero-order valence-corrected chi connectivity index (χ0v) is 16.8. The topological polar surface area (TPSA) is 69.6 Å². The molecule has 0 aromatic heterocycles. The highest BCUT2D eigenvalue weighted by atomic mass is 35.5. The molecule has 2 amide bonds. The number of thiocarbonyl (C=S) groups is 1. The maximum atomic E-state index is 12.6. The number of rotatable bonds is 4. The molecule has 0 atom stereocenters. The molecule has 0 radical (unpaired) electrons. The molecule has 2 N–H and O–H groups in total. The van der Waals surface area contributed by atoms with Gasteiger partial charge in [0.05, 0.1) is 10.6 Å². The van der Waals surface area contributed by atoms with Crippen LogP contribution in [-0.2, 0) is 9.59 Å². The lowest BCUT2D eigenvalue weighted by atomic mass is 10.2. The number of phenolic OH excluding ortho intramolecular Hbond substituents is 1. The van der Waals surface area contributed by atoms with E-state index in [9.17, 15) is 14.7 Å². The van der Waals surface area contributed by atoms with Gasteiger partial charge in [0.2, 0.25) is 5.91 Å². The number of carbonyl (C=O) groups is 2. The number of thioether (sulfide) groups is 1. The van der Waals surface area contributed by atoms with Crippen LogP contribution in [0.15, 0.2) is 47.4 Å². The van der Waals surface area contributed by atoms with Gasteiger partial charge in [0.15, 0.2) is 0 Å². The maximum absolute atomic E-state index is 12.6. The zero-order chi connectivity index (χ0) is 19.6. The quantitative estimate of drug-likeness (QED) is 0.416. The van der Waals surface area contributed by atoms with Crippen LogP contribution in [-0.4, -0.2) is 32.7 Å². The van der Waals surface area contributed by atoms with Crippen molar-refractivity contribution in [3.8, 4) is 5.75 Å². The molecule has 1 heterocycles. The summed E-state index contributed by atoms with van der Waals surface area (Å²) in [6, 6.07) is 11.4. The molecule has 1 saturated heterocycles. The Morgan fingerprint density at radius 2 is 2.00 bits per heavy atom. The summed E-state index contributed by atoms with van der Waals surface area (Å²) >= 11 is 18.3. The van der Waals surface area contributed by atoms with Crippen molar-refractivity contribution in [1.82, 2.24) is 4.90 Å². The second-order valence-corrected chi connectivity index (χ2v) is 8.02.